The van der Waals surface area contributed by atoms with Gasteiger partial charge < -0.3 is 19.7 Å². The fraction of sp³-hybridized carbons (Fsp3) is 0.174. The minimum Gasteiger partial charge on any atom is -0.478 e. The first-order chi connectivity index (χ1) is 15.6. The van der Waals surface area contributed by atoms with Gasteiger partial charge in [-0.1, -0.05) is 12.1 Å². The summed E-state index contributed by atoms with van der Waals surface area (Å²) in [6.07, 6.45) is 6.66. The first kappa shape index (κ1) is 19.7. The molecule has 1 fully saturated rings. The second-order valence-electron chi connectivity index (χ2n) is 7.55. The number of pyridine rings is 1. The van der Waals surface area contributed by atoms with Crippen LogP contribution in [-0.2, 0) is 0 Å². The van der Waals surface area contributed by atoms with Gasteiger partial charge in [0.05, 0.1) is 17.5 Å². The number of benzene rings is 1. The fourth-order valence-electron chi connectivity index (χ4n) is 3.83. The minimum atomic E-state index is -1.06. The minimum absolute atomic E-state index is 0.0421. The molecule has 32 heavy (non-hydrogen) atoms. The van der Waals surface area contributed by atoms with Crippen LogP contribution in [0.5, 0.6) is 0 Å². The third-order valence-electron chi connectivity index (χ3n) is 5.49. The van der Waals surface area contributed by atoms with Gasteiger partial charge in [0.1, 0.15) is 5.58 Å². The number of furan rings is 1. The molecule has 1 unspecified atom stereocenters. The van der Waals surface area contributed by atoms with Crippen molar-refractivity contribution in [1.29, 1.82) is 0 Å². The summed E-state index contributed by atoms with van der Waals surface area (Å²) >= 11 is 0. The predicted octanol–water partition coefficient (Wildman–Crippen LogP) is 2.99. The van der Waals surface area contributed by atoms with Gasteiger partial charge in [-0.25, -0.2) is 14.8 Å². The Labute approximate surface area is 182 Å². The molecule has 5 rings (SSSR count). The number of rotatable bonds is 5. The molecule has 3 aromatic heterocycles. The highest BCUT2D eigenvalue weighted by molar-refractivity contribution is 5.96. The van der Waals surface area contributed by atoms with Crippen LogP contribution in [0.2, 0.25) is 0 Å². The maximum Gasteiger partial charge on any atom is 0.338 e. The van der Waals surface area contributed by atoms with Crippen molar-refractivity contribution in [3.63, 3.8) is 0 Å². The molecule has 1 saturated heterocycles. The van der Waals surface area contributed by atoms with E-state index in [1.165, 1.54) is 12.4 Å². The second-order valence-corrected chi connectivity index (χ2v) is 7.55. The lowest BCUT2D eigenvalue weighted by atomic mass is 10.1. The number of carboxylic acid groups (broad SMARTS) is 1. The van der Waals surface area contributed by atoms with Crippen molar-refractivity contribution in [2.75, 3.05) is 18.0 Å². The Balaban J connectivity index is 1.24. The van der Waals surface area contributed by atoms with E-state index >= 15 is 0 Å². The third kappa shape index (κ3) is 3.76. The third-order valence-corrected chi connectivity index (χ3v) is 5.49. The van der Waals surface area contributed by atoms with Gasteiger partial charge in [-0.15, -0.1) is 0 Å². The molecule has 1 amide bonds. The highest BCUT2D eigenvalue weighted by Gasteiger charge is 2.26. The van der Waals surface area contributed by atoms with E-state index in [1.54, 1.807) is 24.6 Å². The van der Waals surface area contributed by atoms with E-state index < -0.39 is 5.97 Å². The zero-order valence-electron chi connectivity index (χ0n) is 16.9. The van der Waals surface area contributed by atoms with Crippen molar-refractivity contribution in [1.82, 2.24) is 20.3 Å². The largest absolute Gasteiger partial charge is 0.478 e. The van der Waals surface area contributed by atoms with Gasteiger partial charge in [-0.3, -0.25) is 9.78 Å². The van der Waals surface area contributed by atoms with Gasteiger partial charge in [0.2, 0.25) is 5.95 Å². The molecule has 4 aromatic rings. The van der Waals surface area contributed by atoms with Crippen molar-refractivity contribution in [2.45, 2.75) is 12.5 Å². The van der Waals surface area contributed by atoms with Gasteiger partial charge in [0.25, 0.3) is 5.91 Å². The Hall–Kier alpha value is -4.27. The Bertz CT molecular complexity index is 1280. The second kappa shape index (κ2) is 8.10. The zero-order valence-corrected chi connectivity index (χ0v) is 16.9. The molecule has 9 heteroatoms. The van der Waals surface area contributed by atoms with E-state index in [9.17, 15) is 9.59 Å². The quantitative estimate of drug-likeness (QED) is 0.497. The van der Waals surface area contributed by atoms with Crippen molar-refractivity contribution in [2.24, 2.45) is 0 Å². The molecule has 1 aliphatic rings. The summed E-state index contributed by atoms with van der Waals surface area (Å²) in [7, 11) is 0. The van der Waals surface area contributed by atoms with Crippen LogP contribution in [0.4, 0.5) is 5.95 Å². The van der Waals surface area contributed by atoms with Crippen LogP contribution in [0.25, 0.3) is 22.2 Å². The molecule has 1 aromatic carbocycles. The summed E-state index contributed by atoms with van der Waals surface area (Å²) in [5.74, 6) is -0.761. The number of nitrogens with zero attached hydrogens (tertiary/aromatic N) is 4. The smallest absolute Gasteiger partial charge is 0.338 e. The Morgan fingerprint density at radius 1 is 1.03 bits per heavy atom. The summed E-state index contributed by atoms with van der Waals surface area (Å²) in [4.78, 5) is 38.3. The van der Waals surface area contributed by atoms with Crippen LogP contribution >= 0.6 is 0 Å². The van der Waals surface area contributed by atoms with Crippen LogP contribution in [0.1, 0.15) is 27.1 Å². The molecule has 1 aliphatic heterocycles. The van der Waals surface area contributed by atoms with Gasteiger partial charge in [0, 0.05) is 54.2 Å². The van der Waals surface area contributed by atoms with Crippen LogP contribution < -0.4 is 10.2 Å². The maximum atomic E-state index is 12.7. The number of hydrogen-bond acceptors (Lipinski definition) is 7. The van der Waals surface area contributed by atoms with E-state index in [4.69, 9.17) is 9.52 Å². The van der Waals surface area contributed by atoms with E-state index in [1.807, 2.05) is 29.2 Å². The Morgan fingerprint density at radius 2 is 1.81 bits per heavy atom. The fourth-order valence-corrected chi connectivity index (χ4v) is 3.83. The number of fused-ring (bicyclic) bond motifs is 1. The number of aromatic carboxylic acids is 1. The van der Waals surface area contributed by atoms with Gasteiger partial charge in [-0.2, -0.15) is 0 Å². The molecule has 0 saturated carbocycles. The number of nitrogens with one attached hydrogen (secondary N) is 1. The number of carbonyl (C=O) groups excluding carboxylic acids is 1. The molecular formula is C23H19N5O4. The standard InChI is InChI=1S/C23H19N5O4/c29-21(27-17-6-9-28(13-17)23-25-11-16(12-26-23)22(30)31)15-3-1-14(2-4-15)20-18-7-10-32-19(18)5-8-24-20/h1-5,7-8,10-12,17H,6,9,13H2,(H,27,29)(H,30,31). The highest BCUT2D eigenvalue weighted by atomic mass is 16.4. The normalized spacial score (nSPS) is 15.8. The van der Waals surface area contributed by atoms with E-state index in [0.717, 1.165) is 28.6 Å². The van der Waals surface area contributed by atoms with Crippen LogP contribution in [-0.4, -0.2) is 51.1 Å². The van der Waals surface area contributed by atoms with Gasteiger partial charge in [-0.05, 0) is 30.7 Å². The Kier molecular flexibility index (Phi) is 4.98. The molecule has 0 aliphatic carbocycles. The SMILES string of the molecule is O=C(O)c1cnc(N2CCC(NC(=O)c3ccc(-c4nccc5occc45)cc3)C2)nc1. The van der Waals surface area contributed by atoms with E-state index in [-0.39, 0.29) is 17.5 Å². The number of carbonyl (C=O) groups is 2. The first-order valence-electron chi connectivity index (χ1n) is 10.1. The summed E-state index contributed by atoms with van der Waals surface area (Å²) < 4.78 is 5.43. The Morgan fingerprint density at radius 3 is 2.56 bits per heavy atom. The molecule has 2 N–H and O–H groups in total. The summed E-state index contributed by atoms with van der Waals surface area (Å²) in [5, 5.41) is 12.9. The zero-order chi connectivity index (χ0) is 22.1. The van der Waals surface area contributed by atoms with Crippen molar-refractivity contribution >= 4 is 28.8 Å². The lowest BCUT2D eigenvalue weighted by molar-refractivity contribution is 0.0695. The number of amides is 1. The van der Waals surface area contributed by atoms with Crippen molar-refractivity contribution in [3.8, 4) is 11.3 Å². The first-order valence-corrected chi connectivity index (χ1v) is 10.1. The molecule has 4 heterocycles. The summed E-state index contributed by atoms with van der Waals surface area (Å²) in [6, 6.07) is 11.0. The lowest BCUT2D eigenvalue weighted by Crippen LogP contribution is -2.37. The van der Waals surface area contributed by atoms with E-state index in [0.29, 0.717) is 24.6 Å². The average Bonchev–Trinajstić information content (AvgIpc) is 3.49. The summed E-state index contributed by atoms with van der Waals surface area (Å²) in [5.41, 5.74) is 3.09. The van der Waals surface area contributed by atoms with Crippen LogP contribution in [0.15, 0.2) is 65.7 Å². The highest BCUT2D eigenvalue weighted by Crippen LogP contribution is 2.27. The molecule has 0 radical (unpaired) electrons. The number of hydrogen-bond donors (Lipinski definition) is 2. The maximum absolute atomic E-state index is 12.7. The average molecular weight is 429 g/mol. The molecule has 1 atom stereocenters. The molecule has 9 nitrogen and oxygen atoms in total. The van der Waals surface area contributed by atoms with Gasteiger partial charge in [0.15, 0.2) is 0 Å². The monoisotopic (exact) mass is 429 g/mol. The van der Waals surface area contributed by atoms with Crippen molar-refractivity contribution in [3.05, 3.63) is 72.4 Å². The number of carboxylic acids is 1. The van der Waals surface area contributed by atoms with Crippen LogP contribution in [0.3, 0.4) is 0 Å². The van der Waals surface area contributed by atoms with Crippen LogP contribution in [0, 0.1) is 0 Å². The van der Waals surface area contributed by atoms with E-state index in [2.05, 4.69) is 20.3 Å². The predicted molar refractivity (Wildman–Crippen MR) is 117 cm³/mol. The number of anilines is 1. The molecule has 0 bridgehead atoms. The van der Waals surface area contributed by atoms with Crippen molar-refractivity contribution < 1.29 is 19.1 Å². The number of aromatic nitrogens is 3. The lowest BCUT2D eigenvalue weighted by Gasteiger charge is -2.17. The molecule has 160 valence electrons. The topological polar surface area (TPSA) is 121 Å². The summed E-state index contributed by atoms with van der Waals surface area (Å²) in [6.45, 7) is 1.24. The molecule has 0 spiro atoms. The molecular weight excluding hydrogens is 410 g/mol. The van der Waals surface area contributed by atoms with Gasteiger partial charge >= 0.3 is 5.97 Å².